The maximum atomic E-state index is 2.47. The Morgan fingerprint density at radius 2 is 0.938 bits per heavy atom. The van der Waals surface area contributed by atoms with Crippen molar-refractivity contribution in [2.75, 3.05) is 0 Å². The molecule has 0 saturated heterocycles. The molecule has 0 unspecified atom stereocenters. The first-order chi connectivity index (χ1) is 15.7. The van der Waals surface area contributed by atoms with Crippen molar-refractivity contribution in [1.82, 2.24) is 0 Å². The molecule has 0 aliphatic carbocycles. The maximum absolute atomic E-state index is 2.47. The molecule has 0 bridgehead atoms. The molecule has 0 aliphatic heterocycles. The molecule has 2 rings (SSSR count). The number of aryl methyl sites for hydroxylation is 2. The Labute approximate surface area is 206 Å². The normalized spacial score (nSPS) is 12.0. The van der Waals surface area contributed by atoms with Crippen LogP contribution in [0, 0.1) is 0 Å². The molecule has 32 heavy (non-hydrogen) atoms. The Bertz CT molecular complexity index is 735. The van der Waals surface area contributed by atoms with Crippen LogP contribution < -0.4 is 0 Å². The molecule has 0 amide bonds. The summed E-state index contributed by atoms with van der Waals surface area (Å²) in [5, 5.41) is 0. The molecule has 2 aromatic heterocycles. The number of hydrogen-bond acceptors (Lipinski definition) is 2. The summed E-state index contributed by atoms with van der Waals surface area (Å²) >= 11 is 4.01. The topological polar surface area (TPSA) is 0 Å². The van der Waals surface area contributed by atoms with Gasteiger partial charge in [-0.15, -0.1) is 22.7 Å². The monoisotopic (exact) mass is 470 g/mol. The fourth-order valence-corrected chi connectivity index (χ4v) is 6.90. The van der Waals surface area contributed by atoms with Gasteiger partial charge in [0.25, 0.3) is 0 Å². The molecule has 0 atom stereocenters. The number of rotatable bonds is 17. The zero-order chi connectivity index (χ0) is 23.0. The minimum Gasteiger partial charge on any atom is -0.135 e. The smallest absolute Gasteiger partial charge is 0.0483 e. The second-order valence-electron chi connectivity index (χ2n) is 9.04. The molecular formula is C30H46S2. The van der Waals surface area contributed by atoms with E-state index in [9.17, 15) is 0 Å². The van der Waals surface area contributed by atoms with Gasteiger partial charge in [0, 0.05) is 19.5 Å². The van der Waals surface area contributed by atoms with E-state index in [1.807, 2.05) is 22.7 Å². The van der Waals surface area contributed by atoms with Crippen LogP contribution in [0.3, 0.4) is 0 Å². The molecule has 178 valence electrons. The molecule has 0 fully saturated rings. The molecule has 0 saturated carbocycles. The predicted molar refractivity (Wildman–Crippen MR) is 151 cm³/mol. The van der Waals surface area contributed by atoms with Gasteiger partial charge in [0.15, 0.2) is 0 Å². The van der Waals surface area contributed by atoms with E-state index in [2.05, 4.69) is 64.1 Å². The van der Waals surface area contributed by atoms with Crippen LogP contribution in [0.2, 0.25) is 0 Å². The van der Waals surface area contributed by atoms with Crippen LogP contribution in [0.1, 0.15) is 126 Å². The fourth-order valence-electron chi connectivity index (χ4n) is 4.34. The third kappa shape index (κ3) is 9.40. The summed E-state index contributed by atoms with van der Waals surface area (Å²) in [5.74, 6) is 0. The van der Waals surface area contributed by atoms with Crippen LogP contribution >= 0.6 is 22.7 Å². The largest absolute Gasteiger partial charge is 0.135 e. The van der Waals surface area contributed by atoms with Gasteiger partial charge in [0.05, 0.1) is 0 Å². The molecule has 0 N–H and O–H groups in total. The van der Waals surface area contributed by atoms with Crippen molar-refractivity contribution >= 4 is 34.8 Å². The summed E-state index contributed by atoms with van der Waals surface area (Å²) in [4.78, 5) is 5.92. The summed E-state index contributed by atoms with van der Waals surface area (Å²) in [6.07, 6.45) is 27.8. The molecule has 0 aliphatic rings. The van der Waals surface area contributed by atoms with Crippen LogP contribution in [0.25, 0.3) is 21.9 Å². The van der Waals surface area contributed by atoms with Crippen LogP contribution in [-0.2, 0) is 12.8 Å². The van der Waals surface area contributed by atoms with Gasteiger partial charge in [-0.3, -0.25) is 0 Å². The average molecular weight is 471 g/mol. The van der Waals surface area contributed by atoms with Crippen molar-refractivity contribution in [1.29, 1.82) is 0 Å². The summed E-state index contributed by atoms with van der Waals surface area (Å²) in [7, 11) is 0. The maximum Gasteiger partial charge on any atom is 0.0483 e. The van der Waals surface area contributed by atoms with Crippen molar-refractivity contribution in [3.8, 4) is 9.75 Å². The van der Waals surface area contributed by atoms with Gasteiger partial charge in [0.2, 0.25) is 0 Å². The molecule has 2 heteroatoms. The Kier molecular flexibility index (Phi) is 14.0. The van der Waals surface area contributed by atoms with E-state index in [-0.39, 0.29) is 0 Å². The lowest BCUT2D eigenvalue weighted by Gasteiger charge is -2.06. The fraction of sp³-hybridized carbons (Fsp3) is 0.600. The van der Waals surface area contributed by atoms with Gasteiger partial charge in [-0.25, -0.2) is 0 Å². The highest BCUT2D eigenvalue weighted by Crippen LogP contribution is 2.42. The molecule has 2 aromatic rings. The van der Waals surface area contributed by atoms with Gasteiger partial charge in [0.1, 0.15) is 0 Å². The lowest BCUT2D eigenvalue weighted by Crippen LogP contribution is -1.89. The van der Waals surface area contributed by atoms with Gasteiger partial charge in [-0.1, -0.05) is 90.2 Å². The molecule has 0 spiro atoms. The predicted octanol–water partition coefficient (Wildman–Crippen LogP) is 11.3. The van der Waals surface area contributed by atoms with Crippen molar-refractivity contribution in [3.63, 3.8) is 0 Å². The first-order valence-electron chi connectivity index (χ1n) is 13.2. The van der Waals surface area contributed by atoms with Crippen LogP contribution in [0.4, 0.5) is 0 Å². The lowest BCUT2D eigenvalue weighted by molar-refractivity contribution is 0.607. The minimum atomic E-state index is 1.23. The second kappa shape index (κ2) is 16.5. The summed E-state index contributed by atoms with van der Waals surface area (Å²) in [6, 6.07) is 4.94. The number of unbranched alkanes of at least 4 members (excludes halogenated alkanes) is 10. The number of hydrogen-bond donors (Lipinski definition) is 0. The zero-order valence-corrected chi connectivity index (χ0v) is 22.8. The van der Waals surface area contributed by atoms with Crippen LogP contribution in [-0.4, -0.2) is 0 Å². The molecule has 0 nitrogen and oxygen atoms in total. The van der Waals surface area contributed by atoms with Crippen molar-refractivity contribution in [2.45, 2.75) is 118 Å². The molecule has 0 radical (unpaired) electrons. The van der Waals surface area contributed by atoms with Gasteiger partial charge >= 0.3 is 0 Å². The van der Waals surface area contributed by atoms with Gasteiger partial charge < -0.3 is 0 Å². The van der Waals surface area contributed by atoms with E-state index in [1.165, 1.54) is 99.6 Å². The van der Waals surface area contributed by atoms with E-state index in [1.54, 1.807) is 20.9 Å². The van der Waals surface area contributed by atoms with E-state index in [0.717, 1.165) is 0 Å². The summed E-state index contributed by atoms with van der Waals surface area (Å²) in [5.41, 5.74) is 3.16. The molecule has 0 aromatic carbocycles. The van der Waals surface area contributed by atoms with Crippen molar-refractivity contribution in [3.05, 3.63) is 45.2 Å². The third-order valence-corrected chi connectivity index (χ3v) is 8.57. The first-order valence-corrected chi connectivity index (χ1v) is 14.9. The summed E-state index contributed by atoms with van der Waals surface area (Å²) < 4.78 is 0. The first kappa shape index (κ1) is 27.1. The second-order valence-corrected chi connectivity index (χ2v) is 11.2. The zero-order valence-electron chi connectivity index (χ0n) is 21.2. The summed E-state index contributed by atoms with van der Waals surface area (Å²) in [6.45, 7) is 8.86. The highest BCUT2D eigenvalue weighted by atomic mass is 32.1. The third-order valence-electron chi connectivity index (χ3n) is 6.12. The Balaban J connectivity index is 2.15. The molecule has 2 heterocycles. The van der Waals surface area contributed by atoms with Crippen LogP contribution in [0.15, 0.2) is 24.3 Å². The lowest BCUT2D eigenvalue weighted by atomic mass is 10.0. The van der Waals surface area contributed by atoms with Gasteiger partial charge in [-0.2, -0.15) is 0 Å². The van der Waals surface area contributed by atoms with Crippen LogP contribution in [0.5, 0.6) is 0 Å². The minimum absolute atomic E-state index is 1.23. The molecular weight excluding hydrogens is 424 g/mol. The van der Waals surface area contributed by atoms with E-state index in [4.69, 9.17) is 0 Å². The van der Waals surface area contributed by atoms with Crippen molar-refractivity contribution in [2.24, 2.45) is 0 Å². The Hall–Kier alpha value is -1.12. The SMILES string of the molecule is C/C=C/c1cc(CCCCCCCC)c(-c2sc(/C=C/C)cc2CCCCCCCC)s1. The van der Waals surface area contributed by atoms with E-state index >= 15 is 0 Å². The number of thiophene rings is 2. The van der Waals surface area contributed by atoms with Gasteiger partial charge in [-0.05, 0) is 74.9 Å². The average Bonchev–Trinajstić information content (AvgIpc) is 3.37. The highest BCUT2D eigenvalue weighted by molar-refractivity contribution is 7.23. The van der Waals surface area contributed by atoms with E-state index < -0.39 is 0 Å². The van der Waals surface area contributed by atoms with E-state index in [0.29, 0.717) is 0 Å². The highest BCUT2D eigenvalue weighted by Gasteiger charge is 2.16. The number of allylic oxidation sites excluding steroid dienone is 2. The standard InChI is InChI=1S/C30H46S2/c1-5-9-11-13-15-17-21-25-23-27(19-7-3)31-29(25)30-26(24-28(32-30)20-8-4)22-18-16-14-12-10-6-2/h7-8,19-20,23-24H,5-6,9-18,21-22H2,1-4H3/b19-7+,20-8+. The Morgan fingerprint density at radius 1 is 0.562 bits per heavy atom. The van der Waals surface area contributed by atoms with Crippen molar-refractivity contribution < 1.29 is 0 Å². The Morgan fingerprint density at radius 3 is 1.31 bits per heavy atom. The quantitative estimate of drug-likeness (QED) is 0.202.